The molecule has 1 fully saturated rings. The van der Waals surface area contributed by atoms with Gasteiger partial charge < -0.3 is 9.64 Å². The monoisotopic (exact) mass is 323 g/mol. The first-order valence-corrected chi connectivity index (χ1v) is 8.83. The van der Waals surface area contributed by atoms with Crippen molar-refractivity contribution in [1.29, 1.82) is 0 Å². The van der Waals surface area contributed by atoms with Crippen LogP contribution in [0.15, 0.2) is 54.6 Å². The number of benzene rings is 2. The van der Waals surface area contributed by atoms with E-state index in [1.54, 1.807) is 0 Å². The lowest BCUT2D eigenvalue weighted by Crippen LogP contribution is -2.37. The van der Waals surface area contributed by atoms with Gasteiger partial charge in [-0.2, -0.15) is 0 Å². The Kier molecular flexibility index (Phi) is 5.52. The second-order valence-electron chi connectivity index (χ2n) is 6.43. The van der Waals surface area contributed by atoms with E-state index in [4.69, 9.17) is 4.74 Å². The summed E-state index contributed by atoms with van der Waals surface area (Å²) in [6.07, 6.45) is 3.50. The summed E-state index contributed by atoms with van der Waals surface area (Å²) in [6.45, 7) is 3.92. The number of carbonyl (C=O) groups is 1. The molecule has 0 N–H and O–H groups in total. The van der Waals surface area contributed by atoms with Gasteiger partial charge in [0.25, 0.3) is 5.91 Å². The van der Waals surface area contributed by atoms with E-state index in [0.29, 0.717) is 5.92 Å². The molecule has 0 spiro atoms. The van der Waals surface area contributed by atoms with E-state index in [1.165, 1.54) is 12.8 Å². The highest BCUT2D eigenvalue weighted by Crippen LogP contribution is 2.31. The van der Waals surface area contributed by atoms with Crippen molar-refractivity contribution >= 4 is 5.91 Å². The van der Waals surface area contributed by atoms with Crippen molar-refractivity contribution < 1.29 is 9.53 Å². The van der Waals surface area contributed by atoms with Crippen LogP contribution in [0.4, 0.5) is 0 Å². The molecule has 0 aliphatic heterocycles. The Balaban J connectivity index is 1.66. The van der Waals surface area contributed by atoms with Gasteiger partial charge in [-0.3, -0.25) is 4.79 Å². The summed E-state index contributed by atoms with van der Waals surface area (Å²) in [5.41, 5.74) is 2.12. The zero-order valence-electron chi connectivity index (χ0n) is 14.3. The number of hydrogen-bond acceptors (Lipinski definition) is 2. The van der Waals surface area contributed by atoms with Gasteiger partial charge in [-0.1, -0.05) is 55.5 Å². The summed E-state index contributed by atoms with van der Waals surface area (Å²) in [7, 11) is 0. The summed E-state index contributed by atoms with van der Waals surface area (Å²) < 4.78 is 5.89. The molecule has 1 aliphatic carbocycles. The van der Waals surface area contributed by atoms with Gasteiger partial charge in [0.05, 0.1) is 0 Å². The number of ether oxygens (including phenoxy) is 1. The first kappa shape index (κ1) is 16.6. The van der Waals surface area contributed by atoms with E-state index in [-0.39, 0.29) is 12.5 Å². The van der Waals surface area contributed by atoms with Crippen molar-refractivity contribution in [2.75, 3.05) is 19.7 Å². The molecule has 3 rings (SSSR count). The topological polar surface area (TPSA) is 29.5 Å². The second-order valence-corrected chi connectivity index (χ2v) is 6.43. The molecule has 1 amide bonds. The summed E-state index contributed by atoms with van der Waals surface area (Å²) in [5.74, 6) is 1.56. The molecule has 0 atom stereocenters. The third kappa shape index (κ3) is 4.38. The number of para-hydroxylation sites is 1. The largest absolute Gasteiger partial charge is 0.483 e. The van der Waals surface area contributed by atoms with E-state index >= 15 is 0 Å². The van der Waals surface area contributed by atoms with Crippen LogP contribution in [0.1, 0.15) is 26.2 Å². The zero-order valence-corrected chi connectivity index (χ0v) is 14.3. The van der Waals surface area contributed by atoms with Crippen molar-refractivity contribution in [3.63, 3.8) is 0 Å². The van der Waals surface area contributed by atoms with E-state index < -0.39 is 0 Å². The van der Waals surface area contributed by atoms with Crippen molar-refractivity contribution in [1.82, 2.24) is 4.90 Å². The standard InChI is InChI=1S/C21H25NO2/c1-2-14-22(15-17-12-13-17)21(23)16-24-20-11-7-6-10-19(20)18-8-4-3-5-9-18/h3-11,17H,2,12-16H2,1H3. The van der Waals surface area contributed by atoms with Crippen molar-refractivity contribution in [2.24, 2.45) is 5.92 Å². The molecule has 24 heavy (non-hydrogen) atoms. The van der Waals surface area contributed by atoms with E-state index in [1.807, 2.05) is 47.4 Å². The van der Waals surface area contributed by atoms with Crippen molar-refractivity contribution in [3.05, 3.63) is 54.6 Å². The van der Waals surface area contributed by atoms with Crippen LogP contribution in [0.5, 0.6) is 5.75 Å². The Morgan fingerprint density at radius 3 is 2.50 bits per heavy atom. The molecular weight excluding hydrogens is 298 g/mol. The summed E-state index contributed by atoms with van der Waals surface area (Å²) in [5, 5.41) is 0. The van der Waals surface area contributed by atoms with Gasteiger partial charge in [-0.25, -0.2) is 0 Å². The first-order valence-electron chi connectivity index (χ1n) is 8.83. The average Bonchev–Trinajstić information content (AvgIpc) is 3.44. The SMILES string of the molecule is CCCN(CC1CC1)C(=O)COc1ccccc1-c1ccccc1. The summed E-state index contributed by atoms with van der Waals surface area (Å²) in [6, 6.07) is 18.0. The maximum absolute atomic E-state index is 12.5. The smallest absolute Gasteiger partial charge is 0.260 e. The molecule has 0 heterocycles. The zero-order chi connectivity index (χ0) is 16.8. The van der Waals surface area contributed by atoms with Crippen LogP contribution >= 0.6 is 0 Å². The van der Waals surface area contributed by atoms with Crippen LogP contribution < -0.4 is 4.74 Å². The fourth-order valence-electron chi connectivity index (χ4n) is 2.88. The third-order valence-electron chi connectivity index (χ3n) is 4.34. The van der Waals surface area contributed by atoms with Gasteiger partial charge in [0.1, 0.15) is 5.75 Å². The minimum absolute atomic E-state index is 0.0895. The Morgan fingerprint density at radius 2 is 1.79 bits per heavy atom. The second kappa shape index (κ2) is 8.00. The van der Waals surface area contributed by atoms with Crippen LogP contribution in [0.3, 0.4) is 0 Å². The number of carbonyl (C=O) groups excluding carboxylic acids is 1. The lowest BCUT2D eigenvalue weighted by molar-refractivity contribution is -0.133. The van der Waals surface area contributed by atoms with Crippen LogP contribution in [-0.4, -0.2) is 30.5 Å². The first-order chi connectivity index (χ1) is 11.8. The van der Waals surface area contributed by atoms with Gasteiger partial charge in [0.15, 0.2) is 6.61 Å². The third-order valence-corrected chi connectivity index (χ3v) is 4.34. The van der Waals surface area contributed by atoms with Crippen LogP contribution in [0, 0.1) is 5.92 Å². The van der Waals surface area contributed by atoms with Crippen molar-refractivity contribution in [2.45, 2.75) is 26.2 Å². The van der Waals surface area contributed by atoms with Crippen LogP contribution in [0.2, 0.25) is 0 Å². The molecule has 0 saturated heterocycles. The highest BCUT2D eigenvalue weighted by molar-refractivity contribution is 5.78. The molecule has 0 aromatic heterocycles. The summed E-state index contributed by atoms with van der Waals surface area (Å²) >= 11 is 0. The fraction of sp³-hybridized carbons (Fsp3) is 0.381. The molecule has 3 heteroatoms. The van der Waals surface area contributed by atoms with Gasteiger partial charge in [0.2, 0.25) is 0 Å². The Hall–Kier alpha value is -2.29. The molecule has 1 aliphatic rings. The quantitative estimate of drug-likeness (QED) is 0.721. The number of hydrogen-bond donors (Lipinski definition) is 0. The lowest BCUT2D eigenvalue weighted by atomic mass is 10.1. The lowest BCUT2D eigenvalue weighted by Gasteiger charge is -2.22. The van der Waals surface area contributed by atoms with Crippen LogP contribution in [-0.2, 0) is 4.79 Å². The fourth-order valence-corrected chi connectivity index (χ4v) is 2.88. The number of rotatable bonds is 8. The van der Waals surface area contributed by atoms with E-state index in [2.05, 4.69) is 19.1 Å². The van der Waals surface area contributed by atoms with Gasteiger partial charge >= 0.3 is 0 Å². The normalized spacial score (nSPS) is 13.5. The molecule has 0 bridgehead atoms. The van der Waals surface area contributed by atoms with E-state index in [9.17, 15) is 4.79 Å². The van der Waals surface area contributed by atoms with Gasteiger partial charge in [-0.15, -0.1) is 0 Å². The number of nitrogens with zero attached hydrogens (tertiary/aromatic N) is 1. The molecular formula is C21H25NO2. The molecule has 1 saturated carbocycles. The maximum Gasteiger partial charge on any atom is 0.260 e. The maximum atomic E-state index is 12.5. The highest BCUT2D eigenvalue weighted by atomic mass is 16.5. The Labute approximate surface area is 144 Å². The number of amides is 1. The van der Waals surface area contributed by atoms with Gasteiger partial charge in [-0.05, 0) is 36.8 Å². The molecule has 2 aromatic carbocycles. The van der Waals surface area contributed by atoms with Gasteiger partial charge in [0, 0.05) is 18.7 Å². The predicted octanol–water partition coefficient (Wildman–Crippen LogP) is 4.38. The Bertz CT molecular complexity index is 665. The molecule has 126 valence electrons. The van der Waals surface area contributed by atoms with E-state index in [0.717, 1.165) is 36.4 Å². The molecule has 2 aromatic rings. The van der Waals surface area contributed by atoms with Crippen LogP contribution in [0.25, 0.3) is 11.1 Å². The minimum Gasteiger partial charge on any atom is -0.483 e. The van der Waals surface area contributed by atoms with Crippen molar-refractivity contribution in [3.8, 4) is 16.9 Å². The molecule has 3 nitrogen and oxygen atoms in total. The average molecular weight is 323 g/mol. The molecule has 0 unspecified atom stereocenters. The molecule has 0 radical (unpaired) electrons. The Morgan fingerprint density at radius 1 is 1.08 bits per heavy atom. The minimum atomic E-state index is 0.0895. The highest BCUT2D eigenvalue weighted by Gasteiger charge is 2.26. The summed E-state index contributed by atoms with van der Waals surface area (Å²) in [4.78, 5) is 14.5. The predicted molar refractivity (Wildman–Crippen MR) is 97.0 cm³/mol.